The van der Waals surface area contributed by atoms with Crippen LogP contribution < -0.4 is 0 Å². The number of carbonyl (C=O) groups excluding carboxylic acids is 3. The molecule has 0 aromatic heterocycles. The SMILES string of the molecule is C=C1[C@H]2[C@@H]3[C@H](C[C@]2(C)O[Si](CC)(CC)CC)OC(=O)[C@]13[C@@H](C[C@H]1[C@@H](O[Si](CC)(CC)CC)[C@H](OC)O[C@@H]1C=O)OC(C)=O. The molecule has 0 aromatic rings. The van der Waals surface area contributed by atoms with Crippen molar-refractivity contribution in [3.8, 4) is 0 Å². The molecule has 0 N–H and O–H groups in total. The van der Waals surface area contributed by atoms with Gasteiger partial charge in [-0.1, -0.05) is 48.1 Å². The fourth-order valence-corrected chi connectivity index (χ4v) is 15.0. The number of esters is 2. The molecule has 2 heterocycles. The third-order valence-corrected chi connectivity index (χ3v) is 21.2. The lowest BCUT2D eigenvalue weighted by atomic mass is 9.47. The van der Waals surface area contributed by atoms with E-state index in [1.807, 2.05) is 0 Å². The fourth-order valence-electron chi connectivity index (χ4n) is 9.02. The molecule has 0 spiro atoms. The molecular formula is C32H54O9Si2. The highest BCUT2D eigenvalue weighted by Gasteiger charge is 2.81. The zero-order valence-corrected chi connectivity index (χ0v) is 29.7. The van der Waals surface area contributed by atoms with E-state index < -0.39 is 70.1 Å². The summed E-state index contributed by atoms with van der Waals surface area (Å²) in [6, 6.07) is 5.77. The minimum Gasteiger partial charge on any atom is -0.461 e. The number of ether oxygens (including phenoxy) is 4. The summed E-state index contributed by atoms with van der Waals surface area (Å²) in [5.74, 6) is -1.69. The van der Waals surface area contributed by atoms with Gasteiger partial charge in [0.25, 0.3) is 0 Å². The van der Waals surface area contributed by atoms with Gasteiger partial charge in [-0.05, 0) is 55.2 Å². The minimum absolute atomic E-state index is 0.0840. The quantitative estimate of drug-likeness (QED) is 0.0900. The summed E-state index contributed by atoms with van der Waals surface area (Å²) in [4.78, 5) is 38.9. The molecule has 0 unspecified atom stereocenters. The van der Waals surface area contributed by atoms with Gasteiger partial charge in [0.2, 0.25) is 0 Å². The summed E-state index contributed by atoms with van der Waals surface area (Å²) in [5.41, 5.74) is -0.992. The number of methoxy groups -OCH3 is 1. The van der Waals surface area contributed by atoms with Crippen molar-refractivity contribution >= 4 is 34.9 Å². The Morgan fingerprint density at radius 3 is 2.14 bits per heavy atom. The van der Waals surface area contributed by atoms with E-state index in [4.69, 9.17) is 27.8 Å². The largest absolute Gasteiger partial charge is 0.461 e. The van der Waals surface area contributed by atoms with Crippen LogP contribution in [0.1, 0.15) is 68.2 Å². The first-order valence-electron chi connectivity index (χ1n) is 16.4. The zero-order chi connectivity index (χ0) is 32.0. The van der Waals surface area contributed by atoms with E-state index >= 15 is 0 Å². The van der Waals surface area contributed by atoms with E-state index in [0.717, 1.165) is 42.6 Å². The molecule has 244 valence electrons. The maximum Gasteiger partial charge on any atom is 0.320 e. The van der Waals surface area contributed by atoms with E-state index in [-0.39, 0.29) is 24.4 Å². The Bertz CT molecular complexity index is 1060. The molecule has 0 aromatic carbocycles. The molecule has 0 amide bonds. The maximum absolute atomic E-state index is 13.9. The molecule has 4 fully saturated rings. The second-order valence-electron chi connectivity index (χ2n) is 13.4. The number of rotatable bonds is 16. The van der Waals surface area contributed by atoms with Gasteiger partial charge in [-0.15, -0.1) is 0 Å². The first kappa shape index (κ1) is 34.5. The van der Waals surface area contributed by atoms with Crippen molar-refractivity contribution < 1.29 is 42.2 Å². The Balaban J connectivity index is 1.72. The molecule has 4 aliphatic rings. The van der Waals surface area contributed by atoms with Crippen LogP contribution in [0, 0.1) is 23.2 Å². The van der Waals surface area contributed by atoms with E-state index in [1.54, 1.807) is 7.11 Å². The van der Waals surface area contributed by atoms with Gasteiger partial charge in [0.05, 0.1) is 5.60 Å². The highest BCUT2D eigenvalue weighted by atomic mass is 28.4. The lowest BCUT2D eigenvalue weighted by Crippen LogP contribution is -2.64. The average molecular weight is 639 g/mol. The van der Waals surface area contributed by atoms with E-state index in [1.165, 1.54) is 6.92 Å². The van der Waals surface area contributed by atoms with Crippen molar-refractivity contribution in [2.24, 2.45) is 23.2 Å². The maximum atomic E-state index is 13.9. The van der Waals surface area contributed by atoms with Gasteiger partial charge in [-0.2, -0.15) is 0 Å². The molecule has 2 saturated heterocycles. The van der Waals surface area contributed by atoms with Crippen molar-refractivity contribution in [2.75, 3.05) is 7.11 Å². The molecule has 4 rings (SSSR count). The lowest BCUT2D eigenvalue weighted by molar-refractivity contribution is -0.175. The van der Waals surface area contributed by atoms with Crippen LogP contribution in [-0.4, -0.2) is 78.3 Å². The molecule has 9 nitrogen and oxygen atoms in total. The van der Waals surface area contributed by atoms with Crippen LogP contribution in [0.5, 0.6) is 0 Å². The van der Waals surface area contributed by atoms with Crippen LogP contribution in [0.4, 0.5) is 0 Å². The van der Waals surface area contributed by atoms with Gasteiger partial charge in [0.15, 0.2) is 22.9 Å². The molecule has 0 radical (unpaired) electrons. The molecule has 11 heteroatoms. The Morgan fingerprint density at radius 2 is 1.65 bits per heavy atom. The molecule has 2 aliphatic carbocycles. The summed E-state index contributed by atoms with van der Waals surface area (Å²) in [6.07, 6.45) is -1.79. The summed E-state index contributed by atoms with van der Waals surface area (Å²) in [5, 5.41) is 0. The van der Waals surface area contributed by atoms with Gasteiger partial charge in [-0.25, -0.2) is 0 Å². The summed E-state index contributed by atoms with van der Waals surface area (Å²) < 4.78 is 37.9. The molecule has 2 saturated carbocycles. The highest BCUT2D eigenvalue weighted by Crippen LogP contribution is 2.73. The molecule has 10 atom stereocenters. The highest BCUT2D eigenvalue weighted by molar-refractivity contribution is 6.74. The van der Waals surface area contributed by atoms with Crippen molar-refractivity contribution in [3.05, 3.63) is 12.2 Å². The smallest absolute Gasteiger partial charge is 0.320 e. The van der Waals surface area contributed by atoms with E-state index in [0.29, 0.717) is 12.0 Å². The van der Waals surface area contributed by atoms with Gasteiger partial charge in [-0.3, -0.25) is 9.59 Å². The number of aldehydes is 1. The molecule has 43 heavy (non-hydrogen) atoms. The van der Waals surface area contributed by atoms with Crippen LogP contribution in [0.2, 0.25) is 36.3 Å². The van der Waals surface area contributed by atoms with Gasteiger partial charge < -0.3 is 32.6 Å². The summed E-state index contributed by atoms with van der Waals surface area (Å²) in [6.45, 7) is 21.0. The molecule has 2 aliphatic heterocycles. The van der Waals surface area contributed by atoms with Crippen molar-refractivity contribution in [1.82, 2.24) is 0 Å². The first-order valence-corrected chi connectivity index (χ1v) is 21.5. The third kappa shape index (κ3) is 5.33. The third-order valence-electron chi connectivity index (χ3n) is 11.8. The zero-order valence-electron chi connectivity index (χ0n) is 27.7. The number of hydrogen-bond donors (Lipinski definition) is 0. The predicted molar refractivity (Wildman–Crippen MR) is 167 cm³/mol. The fraction of sp³-hybridized carbons (Fsp3) is 0.844. The standard InChI is InChI=1S/C32H54O9Si2/c1-11-42(12-2,13-3)40-28-22(24(19-33)38-29(28)36-10)17-25(37-21(8)34)32-20(7)26-27(32)23(39-30(32)35)18-31(26,9)41-43(14-4,15-5)16-6/h19,22-29H,7,11-18H2,1-6,8-10H3/t22-,23+,24-,25-,26+,27+,28-,29-,31+,32+/m1/s1. The lowest BCUT2D eigenvalue weighted by Gasteiger charge is -2.57. The Hall–Kier alpha value is -1.38. The van der Waals surface area contributed by atoms with Gasteiger partial charge in [0, 0.05) is 38.2 Å². The van der Waals surface area contributed by atoms with Crippen molar-refractivity contribution in [2.45, 2.75) is 141 Å². The Labute approximate surface area is 260 Å². The van der Waals surface area contributed by atoms with Crippen LogP contribution >= 0.6 is 0 Å². The second kappa shape index (κ2) is 12.8. The topological polar surface area (TPSA) is 107 Å². The van der Waals surface area contributed by atoms with E-state index in [9.17, 15) is 14.4 Å². The van der Waals surface area contributed by atoms with Crippen molar-refractivity contribution in [1.29, 1.82) is 0 Å². The van der Waals surface area contributed by atoms with Crippen molar-refractivity contribution in [3.63, 3.8) is 0 Å². The second-order valence-corrected chi connectivity index (χ2v) is 22.8. The normalized spacial score (nSPS) is 37.6. The first-order chi connectivity index (χ1) is 20.3. The van der Waals surface area contributed by atoms with E-state index in [2.05, 4.69) is 55.0 Å². The number of carbonyl (C=O) groups is 3. The summed E-state index contributed by atoms with van der Waals surface area (Å²) in [7, 11) is -2.60. The van der Waals surface area contributed by atoms with Gasteiger partial charge >= 0.3 is 11.9 Å². The molecular weight excluding hydrogens is 585 g/mol. The Kier molecular flexibility index (Phi) is 10.3. The van der Waals surface area contributed by atoms with Crippen LogP contribution in [0.15, 0.2) is 12.2 Å². The predicted octanol–water partition coefficient (Wildman–Crippen LogP) is 5.78. The van der Waals surface area contributed by atoms with Crippen LogP contribution in [0.25, 0.3) is 0 Å². The summed E-state index contributed by atoms with van der Waals surface area (Å²) >= 11 is 0. The van der Waals surface area contributed by atoms with Crippen LogP contribution in [0.3, 0.4) is 0 Å². The Morgan fingerprint density at radius 1 is 1.07 bits per heavy atom. The average Bonchev–Trinajstić information content (AvgIpc) is 3.54. The minimum atomic E-state index is -2.16. The van der Waals surface area contributed by atoms with Gasteiger partial charge in [0.1, 0.15) is 36.1 Å². The van der Waals surface area contributed by atoms with Crippen LogP contribution in [-0.2, 0) is 42.2 Å². The molecule has 0 bridgehead atoms. The monoisotopic (exact) mass is 638 g/mol. The number of hydrogen-bond acceptors (Lipinski definition) is 9.